The summed E-state index contributed by atoms with van der Waals surface area (Å²) in [6.45, 7) is 0. The summed E-state index contributed by atoms with van der Waals surface area (Å²) in [5.41, 5.74) is 3.31. The summed E-state index contributed by atoms with van der Waals surface area (Å²) >= 11 is 0. The van der Waals surface area contributed by atoms with Gasteiger partial charge in [-0.25, -0.2) is 4.79 Å². The number of aromatic carboxylic acids is 1. The molecule has 0 saturated carbocycles. The molecule has 6 heteroatoms. The molecule has 0 saturated heterocycles. The fraction of sp³-hybridized carbons (Fsp3) is 0. The van der Waals surface area contributed by atoms with Crippen LogP contribution in [0.2, 0.25) is 0 Å². The quantitative estimate of drug-likeness (QED) is 0.700. The summed E-state index contributed by atoms with van der Waals surface area (Å²) in [6, 6.07) is 19.2. The first kappa shape index (κ1) is 16.5. The standard InChI is InChI=1S/C21H15N3O3/c25-20-18(13-16-7-4-12-22-16)19(14-5-2-1-3-6-14)23-24(20)17-10-8-15(9-11-17)21(26)27/h1-13,22H,(H,26,27)/b18-13-. The number of carbonyl (C=O) groups is 2. The third-order valence-electron chi connectivity index (χ3n) is 4.21. The second-order valence-corrected chi connectivity index (χ2v) is 5.97. The highest BCUT2D eigenvalue weighted by molar-refractivity contribution is 6.37. The van der Waals surface area contributed by atoms with E-state index in [1.54, 1.807) is 24.4 Å². The fourth-order valence-corrected chi connectivity index (χ4v) is 2.86. The van der Waals surface area contributed by atoms with E-state index in [0.717, 1.165) is 11.3 Å². The van der Waals surface area contributed by atoms with E-state index >= 15 is 0 Å². The Hall–Kier alpha value is -3.93. The van der Waals surface area contributed by atoms with E-state index in [1.807, 2.05) is 42.5 Å². The highest BCUT2D eigenvalue weighted by atomic mass is 16.4. The maximum Gasteiger partial charge on any atom is 0.335 e. The molecular weight excluding hydrogens is 342 g/mol. The van der Waals surface area contributed by atoms with Crippen LogP contribution >= 0.6 is 0 Å². The zero-order chi connectivity index (χ0) is 18.8. The van der Waals surface area contributed by atoms with Crippen molar-refractivity contribution < 1.29 is 14.7 Å². The molecule has 0 aliphatic carbocycles. The second-order valence-electron chi connectivity index (χ2n) is 5.97. The SMILES string of the molecule is O=C(O)c1ccc(N2N=C(c3ccccc3)/C(=C/c3ccc[nH]3)C2=O)cc1. The van der Waals surface area contributed by atoms with Crippen molar-refractivity contribution in [3.8, 4) is 0 Å². The van der Waals surface area contributed by atoms with Gasteiger partial charge in [0.25, 0.3) is 5.91 Å². The topological polar surface area (TPSA) is 85.8 Å². The van der Waals surface area contributed by atoms with Crippen LogP contribution in [0.15, 0.2) is 83.6 Å². The molecule has 2 heterocycles. The molecule has 1 aliphatic rings. The van der Waals surface area contributed by atoms with Crippen molar-refractivity contribution in [1.82, 2.24) is 4.98 Å². The Labute approximate surface area is 155 Å². The lowest BCUT2D eigenvalue weighted by molar-refractivity contribution is -0.114. The summed E-state index contributed by atoms with van der Waals surface area (Å²) in [7, 11) is 0. The molecule has 0 unspecified atom stereocenters. The first-order chi connectivity index (χ1) is 13.1. The van der Waals surface area contributed by atoms with Crippen LogP contribution in [0.25, 0.3) is 6.08 Å². The number of nitrogens with zero attached hydrogens (tertiary/aromatic N) is 2. The maximum atomic E-state index is 13.0. The van der Waals surface area contributed by atoms with Gasteiger partial charge in [0.05, 0.1) is 16.8 Å². The highest BCUT2D eigenvalue weighted by Crippen LogP contribution is 2.27. The third-order valence-corrected chi connectivity index (χ3v) is 4.21. The molecule has 6 nitrogen and oxygen atoms in total. The molecule has 0 radical (unpaired) electrons. The smallest absolute Gasteiger partial charge is 0.335 e. The summed E-state index contributed by atoms with van der Waals surface area (Å²) in [5.74, 6) is -1.29. The van der Waals surface area contributed by atoms with Crippen molar-refractivity contribution in [2.24, 2.45) is 5.10 Å². The molecule has 2 aromatic carbocycles. The van der Waals surface area contributed by atoms with E-state index < -0.39 is 5.97 Å². The molecule has 0 atom stereocenters. The molecule has 132 valence electrons. The van der Waals surface area contributed by atoms with E-state index in [0.29, 0.717) is 17.0 Å². The Balaban J connectivity index is 1.78. The van der Waals surface area contributed by atoms with Crippen molar-refractivity contribution in [2.75, 3.05) is 5.01 Å². The number of aromatic amines is 1. The average Bonchev–Trinajstić information content (AvgIpc) is 3.32. The first-order valence-corrected chi connectivity index (χ1v) is 8.31. The number of nitrogens with one attached hydrogen (secondary N) is 1. The molecule has 1 aromatic heterocycles. The average molecular weight is 357 g/mol. The van der Waals surface area contributed by atoms with E-state index in [2.05, 4.69) is 10.1 Å². The van der Waals surface area contributed by atoms with Gasteiger partial charge in [-0.05, 0) is 42.5 Å². The molecular formula is C21H15N3O3. The van der Waals surface area contributed by atoms with Gasteiger partial charge in [-0.3, -0.25) is 4.79 Å². The molecule has 27 heavy (non-hydrogen) atoms. The normalized spacial score (nSPS) is 15.3. The van der Waals surface area contributed by atoms with Crippen molar-refractivity contribution in [2.45, 2.75) is 0 Å². The Bertz CT molecular complexity index is 1050. The predicted octanol–water partition coefficient (Wildman–Crippen LogP) is 3.55. The number of hydrazone groups is 1. The fourth-order valence-electron chi connectivity index (χ4n) is 2.86. The summed E-state index contributed by atoms with van der Waals surface area (Å²) in [5, 5.41) is 14.9. The van der Waals surface area contributed by atoms with Gasteiger partial charge in [-0.15, -0.1) is 0 Å². The van der Waals surface area contributed by atoms with Crippen molar-refractivity contribution >= 4 is 29.4 Å². The van der Waals surface area contributed by atoms with Gasteiger partial charge in [0.2, 0.25) is 0 Å². The Kier molecular flexibility index (Phi) is 4.14. The summed E-state index contributed by atoms with van der Waals surface area (Å²) < 4.78 is 0. The Morgan fingerprint density at radius 3 is 2.37 bits per heavy atom. The molecule has 0 spiro atoms. The van der Waals surface area contributed by atoms with Crippen LogP contribution in [0.5, 0.6) is 0 Å². The molecule has 1 amide bonds. The summed E-state index contributed by atoms with van der Waals surface area (Å²) in [4.78, 5) is 27.2. The lowest BCUT2D eigenvalue weighted by Crippen LogP contribution is -2.21. The van der Waals surface area contributed by atoms with E-state index in [4.69, 9.17) is 5.11 Å². The van der Waals surface area contributed by atoms with Crippen LogP contribution in [-0.2, 0) is 4.79 Å². The zero-order valence-corrected chi connectivity index (χ0v) is 14.2. The van der Waals surface area contributed by atoms with E-state index in [-0.39, 0.29) is 11.5 Å². The van der Waals surface area contributed by atoms with E-state index in [9.17, 15) is 9.59 Å². The van der Waals surface area contributed by atoms with Crippen LogP contribution in [0, 0.1) is 0 Å². The number of H-pyrrole nitrogens is 1. The van der Waals surface area contributed by atoms with Gasteiger partial charge in [0.15, 0.2) is 0 Å². The highest BCUT2D eigenvalue weighted by Gasteiger charge is 2.32. The van der Waals surface area contributed by atoms with Crippen LogP contribution in [0.4, 0.5) is 5.69 Å². The lowest BCUT2D eigenvalue weighted by Gasteiger charge is -2.11. The number of carbonyl (C=O) groups excluding carboxylic acids is 1. The molecule has 0 bridgehead atoms. The minimum atomic E-state index is -1.02. The van der Waals surface area contributed by atoms with Crippen LogP contribution in [-0.4, -0.2) is 27.7 Å². The van der Waals surface area contributed by atoms with Crippen molar-refractivity contribution in [3.05, 3.63) is 95.3 Å². The molecule has 4 rings (SSSR count). The molecule has 0 fully saturated rings. The number of rotatable bonds is 4. The minimum absolute atomic E-state index is 0.153. The monoisotopic (exact) mass is 357 g/mol. The van der Waals surface area contributed by atoms with Crippen molar-refractivity contribution in [1.29, 1.82) is 0 Å². The Morgan fingerprint density at radius 2 is 1.74 bits per heavy atom. The van der Waals surface area contributed by atoms with E-state index in [1.165, 1.54) is 17.1 Å². The molecule has 3 aromatic rings. The third kappa shape index (κ3) is 3.16. The zero-order valence-electron chi connectivity index (χ0n) is 14.2. The first-order valence-electron chi connectivity index (χ1n) is 8.31. The van der Waals surface area contributed by atoms with Gasteiger partial charge in [-0.2, -0.15) is 10.1 Å². The number of carboxylic acids is 1. The number of carboxylic acid groups (broad SMARTS) is 1. The lowest BCUT2D eigenvalue weighted by atomic mass is 10.0. The molecule has 2 N–H and O–H groups in total. The summed E-state index contributed by atoms with van der Waals surface area (Å²) in [6.07, 6.45) is 3.55. The predicted molar refractivity (Wildman–Crippen MR) is 103 cm³/mol. The number of aromatic nitrogens is 1. The van der Waals surface area contributed by atoms with Gasteiger partial charge >= 0.3 is 5.97 Å². The number of anilines is 1. The molecule has 1 aliphatic heterocycles. The Morgan fingerprint density at radius 1 is 1.00 bits per heavy atom. The number of hydrogen-bond acceptors (Lipinski definition) is 3. The number of hydrogen-bond donors (Lipinski definition) is 2. The second kappa shape index (κ2) is 6.76. The maximum absolute atomic E-state index is 13.0. The van der Waals surface area contributed by atoms with Gasteiger partial charge in [-0.1, -0.05) is 30.3 Å². The van der Waals surface area contributed by atoms with Gasteiger partial charge < -0.3 is 10.1 Å². The van der Waals surface area contributed by atoms with Crippen LogP contribution in [0.1, 0.15) is 21.6 Å². The van der Waals surface area contributed by atoms with Crippen LogP contribution in [0.3, 0.4) is 0 Å². The van der Waals surface area contributed by atoms with Crippen LogP contribution < -0.4 is 5.01 Å². The van der Waals surface area contributed by atoms with Gasteiger partial charge in [0.1, 0.15) is 5.71 Å². The number of amides is 1. The van der Waals surface area contributed by atoms with Gasteiger partial charge in [0, 0.05) is 17.5 Å². The number of benzene rings is 2. The van der Waals surface area contributed by atoms with Crippen molar-refractivity contribution in [3.63, 3.8) is 0 Å². The minimum Gasteiger partial charge on any atom is -0.478 e. The largest absolute Gasteiger partial charge is 0.478 e.